The van der Waals surface area contributed by atoms with Gasteiger partial charge in [0.1, 0.15) is 0 Å². The monoisotopic (exact) mass is 311 g/mol. The van der Waals surface area contributed by atoms with Crippen LogP contribution in [0.25, 0.3) is 0 Å². The van der Waals surface area contributed by atoms with Crippen molar-refractivity contribution in [2.45, 2.75) is 31.2 Å². The summed E-state index contributed by atoms with van der Waals surface area (Å²) in [5.41, 5.74) is 7.38. The summed E-state index contributed by atoms with van der Waals surface area (Å²) in [6, 6.07) is 7.99. The Labute approximate surface area is 127 Å². The SMILES string of the molecule is CN(C)C1CCN(S(=O)(=O)Cc2cccc(CN)c2)CC1. The Morgan fingerprint density at radius 1 is 1.24 bits per heavy atom. The standard InChI is InChI=1S/C15H25N3O2S/c1-17(2)15-6-8-18(9-7-15)21(19,20)12-14-5-3-4-13(10-14)11-16/h3-5,10,15H,6-9,11-12,16H2,1-2H3. The molecule has 0 atom stereocenters. The quantitative estimate of drug-likeness (QED) is 0.881. The molecule has 0 radical (unpaired) electrons. The second-order valence-corrected chi connectivity index (χ2v) is 7.84. The molecule has 21 heavy (non-hydrogen) atoms. The molecule has 1 saturated heterocycles. The smallest absolute Gasteiger partial charge is 0.218 e. The Kier molecular flexibility index (Phi) is 5.37. The molecule has 0 bridgehead atoms. The van der Waals surface area contributed by atoms with Crippen LogP contribution in [0.4, 0.5) is 0 Å². The van der Waals surface area contributed by atoms with E-state index >= 15 is 0 Å². The maximum absolute atomic E-state index is 12.5. The minimum Gasteiger partial charge on any atom is -0.326 e. The van der Waals surface area contributed by atoms with E-state index < -0.39 is 10.0 Å². The third-order valence-electron chi connectivity index (χ3n) is 4.12. The van der Waals surface area contributed by atoms with Crippen molar-refractivity contribution in [3.8, 4) is 0 Å². The van der Waals surface area contributed by atoms with Crippen molar-refractivity contribution in [3.63, 3.8) is 0 Å². The van der Waals surface area contributed by atoms with E-state index in [-0.39, 0.29) is 5.75 Å². The summed E-state index contributed by atoms with van der Waals surface area (Å²) in [5, 5.41) is 0. The predicted octanol–water partition coefficient (Wildman–Crippen LogP) is 1.00. The average Bonchev–Trinajstić information content (AvgIpc) is 2.47. The lowest BCUT2D eigenvalue weighted by Crippen LogP contribution is -2.44. The van der Waals surface area contributed by atoms with Gasteiger partial charge in [-0.15, -0.1) is 0 Å². The third kappa shape index (κ3) is 4.26. The number of sulfonamides is 1. The topological polar surface area (TPSA) is 66.6 Å². The predicted molar refractivity (Wildman–Crippen MR) is 85.2 cm³/mol. The van der Waals surface area contributed by atoms with Crippen LogP contribution in [-0.4, -0.2) is 50.8 Å². The van der Waals surface area contributed by atoms with Crippen LogP contribution in [-0.2, 0) is 22.3 Å². The minimum absolute atomic E-state index is 0.0630. The molecule has 1 fully saturated rings. The fourth-order valence-electron chi connectivity index (χ4n) is 2.79. The average molecular weight is 311 g/mol. The third-order valence-corrected chi connectivity index (χ3v) is 5.97. The number of hydrogen-bond acceptors (Lipinski definition) is 4. The fraction of sp³-hybridized carbons (Fsp3) is 0.600. The number of hydrogen-bond donors (Lipinski definition) is 1. The maximum Gasteiger partial charge on any atom is 0.218 e. The number of piperidine rings is 1. The molecule has 0 saturated carbocycles. The molecule has 0 spiro atoms. The van der Waals surface area contributed by atoms with Gasteiger partial charge in [-0.1, -0.05) is 24.3 Å². The highest BCUT2D eigenvalue weighted by atomic mass is 32.2. The molecule has 1 aromatic carbocycles. The summed E-state index contributed by atoms with van der Waals surface area (Å²) >= 11 is 0. The fourth-order valence-corrected chi connectivity index (χ4v) is 4.34. The van der Waals surface area contributed by atoms with E-state index in [2.05, 4.69) is 4.90 Å². The van der Waals surface area contributed by atoms with Crippen LogP contribution in [0.2, 0.25) is 0 Å². The molecule has 1 heterocycles. The molecule has 0 amide bonds. The molecule has 1 aliphatic heterocycles. The van der Waals surface area contributed by atoms with Crippen LogP contribution in [0.15, 0.2) is 24.3 Å². The molecule has 1 aliphatic rings. The van der Waals surface area contributed by atoms with Gasteiger partial charge >= 0.3 is 0 Å². The summed E-state index contributed by atoms with van der Waals surface area (Å²) < 4.78 is 26.7. The number of rotatable bonds is 5. The first-order valence-electron chi connectivity index (χ1n) is 7.34. The van der Waals surface area contributed by atoms with Crippen molar-refractivity contribution in [2.75, 3.05) is 27.2 Å². The molecule has 5 nitrogen and oxygen atoms in total. The van der Waals surface area contributed by atoms with Crippen molar-refractivity contribution in [1.29, 1.82) is 0 Å². The largest absolute Gasteiger partial charge is 0.326 e. The Hall–Kier alpha value is -0.950. The summed E-state index contributed by atoms with van der Waals surface area (Å²) in [6.45, 7) is 1.66. The van der Waals surface area contributed by atoms with E-state index in [1.165, 1.54) is 0 Å². The Morgan fingerprint density at radius 3 is 2.43 bits per heavy atom. The van der Waals surface area contributed by atoms with E-state index in [1.807, 2.05) is 38.4 Å². The van der Waals surface area contributed by atoms with Crippen molar-refractivity contribution in [1.82, 2.24) is 9.21 Å². The van der Waals surface area contributed by atoms with Gasteiger partial charge in [0.25, 0.3) is 0 Å². The van der Waals surface area contributed by atoms with Gasteiger partial charge in [-0.3, -0.25) is 0 Å². The van der Waals surface area contributed by atoms with Crippen LogP contribution >= 0.6 is 0 Å². The number of nitrogens with zero attached hydrogens (tertiary/aromatic N) is 2. The van der Waals surface area contributed by atoms with Gasteiger partial charge in [0.2, 0.25) is 10.0 Å². The summed E-state index contributed by atoms with van der Waals surface area (Å²) in [6.07, 6.45) is 1.80. The lowest BCUT2D eigenvalue weighted by atomic mass is 10.1. The van der Waals surface area contributed by atoms with Gasteiger partial charge < -0.3 is 10.6 Å². The minimum atomic E-state index is -3.24. The van der Waals surface area contributed by atoms with E-state index in [0.29, 0.717) is 25.7 Å². The summed E-state index contributed by atoms with van der Waals surface area (Å²) in [7, 11) is 0.861. The first kappa shape index (κ1) is 16.4. The molecule has 0 aliphatic carbocycles. The molecule has 2 N–H and O–H groups in total. The zero-order valence-corrected chi connectivity index (χ0v) is 13.6. The summed E-state index contributed by atoms with van der Waals surface area (Å²) in [5.74, 6) is 0.0630. The Bertz CT molecular complexity index is 564. The van der Waals surface area contributed by atoms with Gasteiger partial charge in [0.05, 0.1) is 5.75 Å². The van der Waals surface area contributed by atoms with Gasteiger partial charge in [-0.05, 0) is 38.1 Å². The molecule has 0 unspecified atom stereocenters. The van der Waals surface area contributed by atoms with Crippen molar-refractivity contribution >= 4 is 10.0 Å². The molecule has 2 rings (SSSR count). The first-order chi connectivity index (χ1) is 9.92. The van der Waals surface area contributed by atoms with Crippen LogP contribution in [0.5, 0.6) is 0 Å². The molecule has 6 heteroatoms. The van der Waals surface area contributed by atoms with E-state index in [4.69, 9.17) is 5.73 Å². The maximum atomic E-state index is 12.5. The highest BCUT2D eigenvalue weighted by Crippen LogP contribution is 2.20. The molecular weight excluding hydrogens is 286 g/mol. The van der Waals surface area contributed by atoms with Gasteiger partial charge in [0, 0.05) is 25.7 Å². The van der Waals surface area contributed by atoms with Gasteiger partial charge in [-0.25, -0.2) is 12.7 Å². The number of nitrogens with two attached hydrogens (primary N) is 1. The highest BCUT2D eigenvalue weighted by Gasteiger charge is 2.28. The normalized spacial score (nSPS) is 18.3. The number of benzene rings is 1. The van der Waals surface area contributed by atoms with Crippen LogP contribution < -0.4 is 5.73 Å². The molecule has 0 aromatic heterocycles. The first-order valence-corrected chi connectivity index (χ1v) is 8.95. The van der Waals surface area contributed by atoms with Crippen LogP contribution in [0, 0.1) is 0 Å². The lowest BCUT2D eigenvalue weighted by molar-refractivity contribution is 0.196. The second kappa shape index (κ2) is 6.87. The van der Waals surface area contributed by atoms with Gasteiger partial charge in [-0.2, -0.15) is 0 Å². The Morgan fingerprint density at radius 2 is 1.86 bits per heavy atom. The van der Waals surface area contributed by atoms with Crippen molar-refractivity contribution in [3.05, 3.63) is 35.4 Å². The summed E-state index contributed by atoms with van der Waals surface area (Å²) in [4.78, 5) is 2.18. The highest BCUT2D eigenvalue weighted by molar-refractivity contribution is 7.88. The molecular formula is C15H25N3O2S. The van der Waals surface area contributed by atoms with E-state index in [9.17, 15) is 8.42 Å². The van der Waals surface area contributed by atoms with E-state index in [1.54, 1.807) is 4.31 Å². The van der Waals surface area contributed by atoms with Crippen LogP contribution in [0.1, 0.15) is 24.0 Å². The molecule has 1 aromatic rings. The zero-order valence-electron chi connectivity index (χ0n) is 12.8. The van der Waals surface area contributed by atoms with Crippen molar-refractivity contribution < 1.29 is 8.42 Å². The lowest BCUT2D eigenvalue weighted by Gasteiger charge is -2.34. The van der Waals surface area contributed by atoms with E-state index in [0.717, 1.165) is 24.0 Å². The second-order valence-electron chi connectivity index (χ2n) is 5.87. The van der Waals surface area contributed by atoms with Crippen LogP contribution in [0.3, 0.4) is 0 Å². The molecule has 118 valence electrons. The van der Waals surface area contributed by atoms with Crippen molar-refractivity contribution in [2.24, 2.45) is 5.73 Å². The van der Waals surface area contributed by atoms with Gasteiger partial charge in [0.15, 0.2) is 0 Å². The Balaban J connectivity index is 2.02. The zero-order chi connectivity index (χ0) is 15.5.